The highest BCUT2D eigenvalue weighted by Gasteiger charge is 2.31. The van der Waals surface area contributed by atoms with Crippen LogP contribution in [0.25, 0.3) is 22.5 Å². The van der Waals surface area contributed by atoms with Gasteiger partial charge >= 0.3 is 6.36 Å². The molecular weight excluding hydrogens is 502 g/mol. The molecule has 0 aliphatic heterocycles. The monoisotopic (exact) mass is 519 g/mol. The molecule has 0 fully saturated rings. The van der Waals surface area contributed by atoms with Crippen LogP contribution in [0.15, 0.2) is 72.8 Å². The molecule has 1 N–H and O–H groups in total. The molecule has 0 spiro atoms. The molecule has 4 aromatic rings. The van der Waals surface area contributed by atoms with Gasteiger partial charge in [-0.3, -0.25) is 9.48 Å². The number of amides is 1. The van der Waals surface area contributed by atoms with Gasteiger partial charge in [0.1, 0.15) is 5.75 Å². The van der Waals surface area contributed by atoms with E-state index in [4.69, 9.17) is 28.3 Å². The van der Waals surface area contributed by atoms with Gasteiger partial charge < -0.3 is 10.1 Å². The lowest BCUT2D eigenvalue weighted by Gasteiger charge is -2.11. The number of hydrogen-bond acceptors (Lipinski definition) is 3. The highest BCUT2D eigenvalue weighted by atomic mass is 35.5. The molecule has 0 bridgehead atoms. The molecular formula is C25H18Cl2F3N3O2. The molecule has 0 atom stereocenters. The molecule has 0 saturated heterocycles. The first-order chi connectivity index (χ1) is 16.6. The molecule has 0 unspecified atom stereocenters. The van der Waals surface area contributed by atoms with E-state index in [9.17, 15) is 18.0 Å². The van der Waals surface area contributed by atoms with Crippen molar-refractivity contribution in [2.45, 2.75) is 12.9 Å². The first kappa shape index (κ1) is 24.6. The SMILES string of the molecule is CNC(=O)c1ccc(Cn2nc(-c3cc(Cl)cc(Cl)c3)cc2-c2ccc(OC(F)(F)F)cc2)cc1. The number of nitrogens with zero attached hydrogens (tertiary/aromatic N) is 2. The minimum absolute atomic E-state index is 0.197. The van der Waals surface area contributed by atoms with Gasteiger partial charge in [-0.15, -0.1) is 13.2 Å². The molecule has 0 radical (unpaired) electrons. The van der Waals surface area contributed by atoms with Crippen molar-refractivity contribution in [3.63, 3.8) is 0 Å². The van der Waals surface area contributed by atoms with Crippen molar-refractivity contribution in [3.8, 4) is 28.3 Å². The lowest BCUT2D eigenvalue weighted by Crippen LogP contribution is -2.17. The van der Waals surface area contributed by atoms with Gasteiger partial charge in [0.05, 0.1) is 17.9 Å². The minimum Gasteiger partial charge on any atom is -0.406 e. The van der Waals surface area contributed by atoms with Crippen molar-refractivity contribution in [3.05, 3.63) is 94.0 Å². The zero-order valence-corrected chi connectivity index (χ0v) is 19.7. The molecule has 1 amide bonds. The van der Waals surface area contributed by atoms with Crippen LogP contribution in [0.1, 0.15) is 15.9 Å². The van der Waals surface area contributed by atoms with Crippen LogP contribution in [-0.4, -0.2) is 29.1 Å². The van der Waals surface area contributed by atoms with Crippen molar-refractivity contribution < 1.29 is 22.7 Å². The molecule has 3 aromatic carbocycles. The topological polar surface area (TPSA) is 56.2 Å². The van der Waals surface area contributed by atoms with Crippen LogP contribution in [0.5, 0.6) is 5.75 Å². The number of benzene rings is 3. The highest BCUT2D eigenvalue weighted by Crippen LogP contribution is 2.32. The number of halogens is 5. The van der Waals surface area contributed by atoms with E-state index >= 15 is 0 Å². The molecule has 0 aliphatic carbocycles. The molecule has 180 valence electrons. The Bertz CT molecular complexity index is 1330. The van der Waals surface area contributed by atoms with Crippen molar-refractivity contribution in [2.24, 2.45) is 0 Å². The summed E-state index contributed by atoms with van der Waals surface area (Å²) in [6.45, 7) is 0.346. The van der Waals surface area contributed by atoms with Crippen molar-refractivity contribution in [2.75, 3.05) is 7.05 Å². The molecule has 1 heterocycles. The highest BCUT2D eigenvalue weighted by molar-refractivity contribution is 6.35. The Kier molecular flexibility index (Phi) is 7.05. The normalized spacial score (nSPS) is 11.4. The maximum absolute atomic E-state index is 12.5. The van der Waals surface area contributed by atoms with E-state index in [1.54, 1.807) is 48.1 Å². The standard InChI is InChI=1S/C25H18Cl2F3N3O2/c1-31-24(34)17-4-2-15(3-5-17)14-33-23(16-6-8-21(9-7-16)35-25(28,29)30)13-22(32-33)18-10-19(26)12-20(27)11-18/h2-13H,14H2,1H3,(H,31,34). The molecule has 1 aromatic heterocycles. The first-order valence-corrected chi connectivity index (χ1v) is 11.1. The van der Waals surface area contributed by atoms with E-state index < -0.39 is 6.36 Å². The van der Waals surface area contributed by atoms with Crippen LogP contribution in [0, 0.1) is 0 Å². The van der Waals surface area contributed by atoms with Crippen LogP contribution in [0.4, 0.5) is 13.2 Å². The largest absolute Gasteiger partial charge is 0.573 e. The fourth-order valence-electron chi connectivity index (χ4n) is 3.52. The minimum atomic E-state index is -4.77. The molecule has 4 rings (SSSR count). The Morgan fingerprint density at radius 2 is 1.57 bits per heavy atom. The third-order valence-corrected chi connectivity index (χ3v) is 5.53. The van der Waals surface area contributed by atoms with Crippen LogP contribution < -0.4 is 10.1 Å². The second-order valence-electron chi connectivity index (χ2n) is 7.58. The number of carbonyl (C=O) groups is 1. The molecule has 5 nitrogen and oxygen atoms in total. The second-order valence-corrected chi connectivity index (χ2v) is 8.45. The van der Waals surface area contributed by atoms with Gasteiger partial charge in [-0.05, 0) is 66.2 Å². The van der Waals surface area contributed by atoms with Crippen LogP contribution in [-0.2, 0) is 6.54 Å². The maximum atomic E-state index is 12.5. The third-order valence-electron chi connectivity index (χ3n) is 5.10. The summed E-state index contributed by atoms with van der Waals surface area (Å²) in [4.78, 5) is 11.8. The summed E-state index contributed by atoms with van der Waals surface area (Å²) in [5.74, 6) is -0.517. The van der Waals surface area contributed by atoms with Gasteiger partial charge in [-0.2, -0.15) is 5.10 Å². The Balaban J connectivity index is 1.72. The Morgan fingerprint density at radius 3 is 2.14 bits per heavy atom. The van der Waals surface area contributed by atoms with Crippen LogP contribution >= 0.6 is 23.2 Å². The zero-order chi connectivity index (χ0) is 25.2. The summed E-state index contributed by atoms with van der Waals surface area (Å²) < 4.78 is 43.3. The summed E-state index contributed by atoms with van der Waals surface area (Å²) in [6.07, 6.45) is -4.77. The summed E-state index contributed by atoms with van der Waals surface area (Å²) in [5, 5.41) is 8.16. The summed E-state index contributed by atoms with van der Waals surface area (Å²) in [5.41, 5.74) is 3.95. The Labute approximate surface area is 209 Å². The van der Waals surface area contributed by atoms with E-state index in [1.165, 1.54) is 24.3 Å². The predicted octanol–water partition coefficient (Wildman–Crippen LogP) is 6.83. The van der Waals surface area contributed by atoms with Gasteiger partial charge in [0, 0.05) is 33.8 Å². The van der Waals surface area contributed by atoms with Crippen molar-refractivity contribution >= 4 is 29.1 Å². The average molecular weight is 520 g/mol. The van der Waals surface area contributed by atoms with E-state index in [0.717, 1.165) is 5.56 Å². The van der Waals surface area contributed by atoms with Gasteiger partial charge in [0.25, 0.3) is 5.91 Å². The quantitative estimate of drug-likeness (QED) is 0.303. The third kappa shape index (κ3) is 6.15. The Hall–Kier alpha value is -3.49. The van der Waals surface area contributed by atoms with Crippen LogP contribution in [0.2, 0.25) is 10.0 Å². The van der Waals surface area contributed by atoms with Gasteiger partial charge in [-0.25, -0.2) is 0 Å². The number of rotatable bonds is 6. The van der Waals surface area contributed by atoms with Crippen molar-refractivity contribution in [1.29, 1.82) is 0 Å². The number of aromatic nitrogens is 2. The average Bonchev–Trinajstić information content (AvgIpc) is 3.22. The fourth-order valence-corrected chi connectivity index (χ4v) is 4.04. The van der Waals surface area contributed by atoms with Gasteiger partial charge in [0.15, 0.2) is 0 Å². The lowest BCUT2D eigenvalue weighted by molar-refractivity contribution is -0.274. The van der Waals surface area contributed by atoms with E-state index in [-0.39, 0.29) is 11.7 Å². The molecule has 0 saturated carbocycles. The molecule has 35 heavy (non-hydrogen) atoms. The summed E-state index contributed by atoms with van der Waals surface area (Å²) in [6, 6.07) is 19.4. The van der Waals surface area contributed by atoms with Gasteiger partial charge in [0.2, 0.25) is 0 Å². The van der Waals surface area contributed by atoms with E-state index in [2.05, 4.69) is 10.1 Å². The zero-order valence-electron chi connectivity index (χ0n) is 18.2. The number of carbonyl (C=O) groups excluding carboxylic acids is 1. The lowest BCUT2D eigenvalue weighted by atomic mass is 10.1. The fraction of sp³-hybridized carbons (Fsp3) is 0.120. The number of hydrogen-bond donors (Lipinski definition) is 1. The second kappa shape index (κ2) is 10.0. The summed E-state index contributed by atoms with van der Waals surface area (Å²) in [7, 11) is 1.56. The van der Waals surface area contributed by atoms with Crippen LogP contribution in [0.3, 0.4) is 0 Å². The van der Waals surface area contributed by atoms with Crippen molar-refractivity contribution in [1.82, 2.24) is 15.1 Å². The van der Waals surface area contributed by atoms with E-state index in [1.807, 2.05) is 12.1 Å². The molecule has 0 aliphatic rings. The first-order valence-electron chi connectivity index (χ1n) is 10.3. The predicted molar refractivity (Wildman–Crippen MR) is 129 cm³/mol. The number of nitrogens with one attached hydrogen (secondary N) is 1. The number of alkyl halides is 3. The maximum Gasteiger partial charge on any atom is 0.573 e. The van der Waals surface area contributed by atoms with Gasteiger partial charge in [-0.1, -0.05) is 35.3 Å². The Morgan fingerprint density at radius 1 is 0.943 bits per heavy atom. The molecule has 10 heteroatoms. The smallest absolute Gasteiger partial charge is 0.406 e. The summed E-state index contributed by atoms with van der Waals surface area (Å²) >= 11 is 12.3. The van der Waals surface area contributed by atoms with E-state index in [0.29, 0.717) is 44.7 Å². The number of ether oxygens (including phenoxy) is 1.